The minimum atomic E-state index is -3.07. The molecule has 18 heavy (non-hydrogen) atoms. The fraction of sp³-hybridized carbons (Fsp3) is 0.385. The van der Waals surface area contributed by atoms with Crippen LogP contribution in [-0.4, -0.2) is 23.8 Å². The number of benzene rings is 1. The lowest BCUT2D eigenvalue weighted by Gasteiger charge is -2.01. The van der Waals surface area contributed by atoms with E-state index in [1.807, 2.05) is 23.8 Å². The van der Waals surface area contributed by atoms with Crippen LogP contribution >= 0.6 is 0 Å². The number of phenols is 1. The van der Waals surface area contributed by atoms with E-state index in [0.29, 0.717) is 12.1 Å². The second kappa shape index (κ2) is 4.65. The second-order valence-corrected chi connectivity index (χ2v) is 6.64. The minimum absolute atomic E-state index is 0.0243. The number of fused-ring (bicyclic) bond motifs is 1. The highest BCUT2D eigenvalue weighted by atomic mass is 32.2. The van der Waals surface area contributed by atoms with E-state index in [1.54, 1.807) is 19.1 Å². The molecule has 0 radical (unpaired) electrons. The molecule has 1 N–H and O–H groups in total. The molecule has 1 aromatic heterocycles. The summed E-state index contributed by atoms with van der Waals surface area (Å²) < 4.78 is 25.3. The molecular formula is C13H17NO3S. The fourth-order valence-corrected chi connectivity index (χ4v) is 3.03. The normalized spacial score (nSPS) is 12.1. The van der Waals surface area contributed by atoms with Crippen LogP contribution in [0.3, 0.4) is 0 Å². The quantitative estimate of drug-likeness (QED) is 0.924. The molecule has 0 atom stereocenters. The summed E-state index contributed by atoms with van der Waals surface area (Å²) in [5, 5.41) is 10.7. The fourth-order valence-electron chi connectivity index (χ4n) is 2.12. The Kier molecular flexibility index (Phi) is 3.34. The molecule has 2 rings (SSSR count). The van der Waals surface area contributed by atoms with Gasteiger partial charge in [-0.25, -0.2) is 8.42 Å². The highest BCUT2D eigenvalue weighted by Gasteiger charge is 2.16. The number of aromatic hydroxyl groups is 1. The molecule has 98 valence electrons. The van der Waals surface area contributed by atoms with Crippen LogP contribution in [0.5, 0.6) is 5.75 Å². The van der Waals surface area contributed by atoms with Crippen molar-refractivity contribution in [2.75, 3.05) is 5.75 Å². The predicted molar refractivity (Wildman–Crippen MR) is 72.4 cm³/mol. The smallest absolute Gasteiger partial charge is 0.154 e. The van der Waals surface area contributed by atoms with Crippen molar-refractivity contribution in [3.05, 3.63) is 30.0 Å². The molecule has 1 heterocycles. The summed E-state index contributed by atoms with van der Waals surface area (Å²) in [5.41, 5.74) is 1.46. The van der Waals surface area contributed by atoms with Crippen LogP contribution in [0.25, 0.3) is 10.9 Å². The monoisotopic (exact) mass is 267 g/mol. The Morgan fingerprint density at radius 1 is 1.28 bits per heavy atom. The van der Waals surface area contributed by atoms with E-state index in [9.17, 15) is 13.5 Å². The molecule has 5 heteroatoms. The van der Waals surface area contributed by atoms with Crippen LogP contribution < -0.4 is 0 Å². The van der Waals surface area contributed by atoms with Gasteiger partial charge >= 0.3 is 0 Å². The highest BCUT2D eigenvalue weighted by molar-refractivity contribution is 7.90. The van der Waals surface area contributed by atoms with Crippen molar-refractivity contribution in [2.45, 2.75) is 26.1 Å². The van der Waals surface area contributed by atoms with E-state index >= 15 is 0 Å². The number of aromatic nitrogens is 1. The average molecular weight is 267 g/mol. The molecule has 0 unspecified atom stereocenters. The molecule has 0 fully saturated rings. The first-order valence-corrected chi connectivity index (χ1v) is 7.80. The molecule has 2 aromatic rings. The summed E-state index contributed by atoms with van der Waals surface area (Å²) in [6, 6.07) is 5.20. The standard InChI is InChI=1S/C13H17NO3S/c1-3-14-8-10(9-18(16,17)4-2)11-6-5-7-12(15)13(11)14/h5-8,15H,3-4,9H2,1-2H3. The maximum Gasteiger partial charge on any atom is 0.154 e. The molecule has 4 nitrogen and oxygen atoms in total. The van der Waals surface area contributed by atoms with Gasteiger partial charge in [-0.1, -0.05) is 19.1 Å². The minimum Gasteiger partial charge on any atom is -0.506 e. The SMILES string of the molecule is CCn1cc(CS(=O)(=O)CC)c2cccc(O)c21. The van der Waals surface area contributed by atoms with E-state index in [4.69, 9.17) is 0 Å². The third-order valence-electron chi connectivity index (χ3n) is 3.12. The Balaban J connectivity index is 2.63. The van der Waals surface area contributed by atoms with E-state index < -0.39 is 9.84 Å². The first-order chi connectivity index (χ1) is 8.48. The molecule has 1 aromatic carbocycles. The third kappa shape index (κ3) is 2.22. The number of aryl methyl sites for hydroxylation is 1. The van der Waals surface area contributed by atoms with Crippen molar-refractivity contribution in [1.82, 2.24) is 4.57 Å². The van der Waals surface area contributed by atoms with Crippen LogP contribution in [-0.2, 0) is 22.1 Å². The summed E-state index contributed by atoms with van der Waals surface area (Å²) in [7, 11) is -3.07. The molecule has 0 saturated carbocycles. The lowest BCUT2D eigenvalue weighted by Crippen LogP contribution is -2.06. The van der Waals surface area contributed by atoms with Crippen LogP contribution in [0.4, 0.5) is 0 Å². The zero-order valence-corrected chi connectivity index (χ0v) is 11.4. The molecule has 0 saturated heterocycles. The van der Waals surface area contributed by atoms with E-state index in [2.05, 4.69) is 0 Å². The summed E-state index contributed by atoms with van der Waals surface area (Å²) >= 11 is 0. The Morgan fingerprint density at radius 3 is 2.61 bits per heavy atom. The van der Waals surface area contributed by atoms with Crippen LogP contribution in [0.2, 0.25) is 0 Å². The Morgan fingerprint density at radius 2 is 2.00 bits per heavy atom. The Labute approximate surface area is 107 Å². The molecule has 0 spiro atoms. The molecule has 0 aliphatic carbocycles. The van der Waals surface area contributed by atoms with E-state index in [0.717, 1.165) is 10.9 Å². The van der Waals surface area contributed by atoms with E-state index in [1.165, 1.54) is 0 Å². The number of hydrogen-bond donors (Lipinski definition) is 1. The van der Waals surface area contributed by atoms with Crippen molar-refractivity contribution in [3.63, 3.8) is 0 Å². The topological polar surface area (TPSA) is 59.3 Å². The van der Waals surface area contributed by atoms with Gasteiger partial charge < -0.3 is 9.67 Å². The lowest BCUT2D eigenvalue weighted by molar-refractivity contribution is 0.478. The first kappa shape index (κ1) is 13.0. The zero-order chi connectivity index (χ0) is 13.3. The molecular weight excluding hydrogens is 250 g/mol. The molecule has 0 bridgehead atoms. The summed E-state index contributed by atoms with van der Waals surface area (Å²) in [6.07, 6.45) is 1.82. The second-order valence-electron chi connectivity index (χ2n) is 4.29. The number of para-hydroxylation sites is 1. The van der Waals surface area contributed by atoms with Gasteiger partial charge in [0.25, 0.3) is 0 Å². The van der Waals surface area contributed by atoms with Gasteiger partial charge in [0, 0.05) is 23.9 Å². The third-order valence-corrected chi connectivity index (χ3v) is 4.75. The van der Waals surface area contributed by atoms with Gasteiger partial charge in [0.05, 0.1) is 11.3 Å². The van der Waals surface area contributed by atoms with Gasteiger partial charge in [0.1, 0.15) is 5.75 Å². The van der Waals surface area contributed by atoms with Gasteiger partial charge in [-0.2, -0.15) is 0 Å². The van der Waals surface area contributed by atoms with Crippen molar-refractivity contribution >= 4 is 20.7 Å². The van der Waals surface area contributed by atoms with Crippen molar-refractivity contribution in [1.29, 1.82) is 0 Å². The number of rotatable bonds is 4. The Bertz CT molecular complexity index is 671. The number of nitrogens with zero attached hydrogens (tertiary/aromatic N) is 1. The van der Waals surface area contributed by atoms with Crippen molar-refractivity contribution < 1.29 is 13.5 Å². The number of phenolic OH excluding ortho intramolecular Hbond substituents is 1. The van der Waals surface area contributed by atoms with Gasteiger partial charge in [0.15, 0.2) is 9.84 Å². The van der Waals surface area contributed by atoms with Crippen molar-refractivity contribution in [3.8, 4) is 5.75 Å². The van der Waals surface area contributed by atoms with Crippen LogP contribution in [0, 0.1) is 0 Å². The van der Waals surface area contributed by atoms with E-state index in [-0.39, 0.29) is 17.3 Å². The molecule has 0 amide bonds. The summed E-state index contributed by atoms with van der Waals surface area (Å²) in [4.78, 5) is 0. The molecule has 0 aliphatic heterocycles. The maximum absolute atomic E-state index is 11.7. The van der Waals surface area contributed by atoms with Crippen molar-refractivity contribution in [2.24, 2.45) is 0 Å². The summed E-state index contributed by atoms with van der Waals surface area (Å²) in [5.74, 6) is 0.343. The molecule has 0 aliphatic rings. The maximum atomic E-state index is 11.7. The average Bonchev–Trinajstić information content (AvgIpc) is 2.68. The number of sulfone groups is 1. The predicted octanol–water partition coefficient (Wildman–Crippen LogP) is 2.30. The Hall–Kier alpha value is -1.49. The van der Waals surface area contributed by atoms with Crippen LogP contribution in [0.1, 0.15) is 19.4 Å². The lowest BCUT2D eigenvalue weighted by atomic mass is 10.2. The zero-order valence-electron chi connectivity index (χ0n) is 10.5. The largest absolute Gasteiger partial charge is 0.506 e. The van der Waals surface area contributed by atoms with Gasteiger partial charge in [-0.3, -0.25) is 0 Å². The van der Waals surface area contributed by atoms with Crippen LogP contribution in [0.15, 0.2) is 24.4 Å². The number of hydrogen-bond acceptors (Lipinski definition) is 3. The summed E-state index contributed by atoms with van der Waals surface area (Å²) in [6.45, 7) is 4.30. The van der Waals surface area contributed by atoms with Gasteiger partial charge in [0.2, 0.25) is 0 Å². The first-order valence-electron chi connectivity index (χ1n) is 5.98. The van der Waals surface area contributed by atoms with Gasteiger partial charge in [-0.15, -0.1) is 0 Å². The highest BCUT2D eigenvalue weighted by Crippen LogP contribution is 2.30. The van der Waals surface area contributed by atoms with Gasteiger partial charge in [-0.05, 0) is 18.6 Å².